The molecular weight excluding hydrogens is 254 g/mol. The van der Waals surface area contributed by atoms with Gasteiger partial charge >= 0.3 is 0 Å². The SMILES string of the molecule is CNS(=O)(=O)CCNc1c(N)c(C)nn1C(C)C. The Kier molecular flexibility index (Phi) is 4.58. The molecule has 0 radical (unpaired) electrons. The molecular formula is C10H21N5O2S. The molecule has 0 aliphatic rings. The molecule has 0 unspecified atom stereocenters. The van der Waals surface area contributed by atoms with E-state index in [9.17, 15) is 8.42 Å². The van der Waals surface area contributed by atoms with Gasteiger partial charge in [-0.1, -0.05) is 0 Å². The standard InChI is InChI=1S/C10H21N5O2S/c1-7(2)15-10(9(11)8(3)14-15)13-5-6-18(16,17)12-4/h7,12-13H,5-6,11H2,1-4H3. The molecule has 0 spiro atoms. The van der Waals surface area contributed by atoms with Crippen LogP contribution in [0.1, 0.15) is 25.6 Å². The van der Waals surface area contributed by atoms with Crippen molar-refractivity contribution in [2.75, 3.05) is 30.4 Å². The summed E-state index contributed by atoms with van der Waals surface area (Å²) in [4.78, 5) is 0. The van der Waals surface area contributed by atoms with Crippen LogP contribution in [0.4, 0.5) is 11.5 Å². The Morgan fingerprint density at radius 3 is 2.56 bits per heavy atom. The first-order valence-electron chi connectivity index (χ1n) is 5.78. The van der Waals surface area contributed by atoms with Gasteiger partial charge in [0.25, 0.3) is 0 Å². The zero-order chi connectivity index (χ0) is 13.9. The van der Waals surface area contributed by atoms with E-state index in [2.05, 4.69) is 15.1 Å². The van der Waals surface area contributed by atoms with Gasteiger partial charge in [-0.25, -0.2) is 17.8 Å². The highest BCUT2D eigenvalue weighted by Crippen LogP contribution is 2.25. The third-order valence-corrected chi connectivity index (χ3v) is 3.96. The van der Waals surface area contributed by atoms with Gasteiger partial charge in [0.05, 0.1) is 17.1 Å². The summed E-state index contributed by atoms with van der Waals surface area (Å²) >= 11 is 0. The van der Waals surface area contributed by atoms with Crippen LogP contribution >= 0.6 is 0 Å². The Morgan fingerprint density at radius 1 is 1.44 bits per heavy atom. The molecule has 0 amide bonds. The summed E-state index contributed by atoms with van der Waals surface area (Å²) in [7, 11) is -1.82. The molecule has 0 saturated heterocycles. The molecule has 7 nitrogen and oxygen atoms in total. The van der Waals surface area contributed by atoms with Crippen LogP contribution in [-0.4, -0.2) is 37.5 Å². The highest BCUT2D eigenvalue weighted by molar-refractivity contribution is 7.89. The lowest BCUT2D eigenvalue weighted by Gasteiger charge is -2.13. The third-order valence-electron chi connectivity index (χ3n) is 2.60. The van der Waals surface area contributed by atoms with Crippen molar-refractivity contribution in [3.8, 4) is 0 Å². The van der Waals surface area contributed by atoms with E-state index in [-0.39, 0.29) is 18.3 Å². The van der Waals surface area contributed by atoms with Gasteiger partial charge in [-0.3, -0.25) is 0 Å². The maximum Gasteiger partial charge on any atom is 0.213 e. The van der Waals surface area contributed by atoms with Gasteiger partial charge in [0.15, 0.2) is 0 Å². The number of nitrogens with zero attached hydrogens (tertiary/aromatic N) is 2. The second-order valence-corrected chi connectivity index (χ2v) is 6.38. The number of sulfonamides is 1. The van der Waals surface area contributed by atoms with Crippen LogP contribution in [-0.2, 0) is 10.0 Å². The minimum absolute atomic E-state index is 0.00867. The fourth-order valence-electron chi connectivity index (χ4n) is 1.52. The van der Waals surface area contributed by atoms with Gasteiger partial charge in [0, 0.05) is 12.6 Å². The van der Waals surface area contributed by atoms with Crippen molar-refractivity contribution in [3.05, 3.63) is 5.69 Å². The van der Waals surface area contributed by atoms with Gasteiger partial charge in [-0.05, 0) is 27.8 Å². The average molecular weight is 275 g/mol. The van der Waals surface area contributed by atoms with E-state index < -0.39 is 10.0 Å². The van der Waals surface area contributed by atoms with Crippen molar-refractivity contribution in [2.24, 2.45) is 0 Å². The molecule has 104 valence electrons. The summed E-state index contributed by atoms with van der Waals surface area (Å²) < 4.78 is 26.6. The van der Waals surface area contributed by atoms with E-state index in [1.807, 2.05) is 20.8 Å². The first-order chi connectivity index (χ1) is 8.28. The summed E-state index contributed by atoms with van der Waals surface area (Å²) in [6.07, 6.45) is 0. The number of nitrogens with two attached hydrogens (primary N) is 1. The highest BCUT2D eigenvalue weighted by Gasteiger charge is 2.15. The lowest BCUT2D eigenvalue weighted by atomic mass is 10.3. The predicted octanol–water partition coefficient (Wildman–Crippen LogP) is 0.316. The minimum atomic E-state index is -3.21. The molecule has 18 heavy (non-hydrogen) atoms. The van der Waals surface area contributed by atoms with E-state index >= 15 is 0 Å². The maximum atomic E-state index is 11.3. The van der Waals surface area contributed by atoms with E-state index in [0.717, 1.165) is 5.69 Å². The lowest BCUT2D eigenvalue weighted by Crippen LogP contribution is -2.27. The Hall–Kier alpha value is -1.28. The second-order valence-electron chi connectivity index (χ2n) is 4.34. The molecule has 1 heterocycles. The molecule has 0 atom stereocenters. The molecule has 4 N–H and O–H groups in total. The van der Waals surface area contributed by atoms with Gasteiger partial charge in [-0.2, -0.15) is 5.10 Å². The fraction of sp³-hybridized carbons (Fsp3) is 0.700. The normalized spacial score (nSPS) is 12.1. The maximum absolute atomic E-state index is 11.3. The van der Waals surface area contributed by atoms with E-state index in [4.69, 9.17) is 5.73 Å². The monoisotopic (exact) mass is 275 g/mol. The molecule has 0 aromatic carbocycles. The van der Waals surface area contributed by atoms with E-state index in [1.165, 1.54) is 7.05 Å². The lowest BCUT2D eigenvalue weighted by molar-refractivity contribution is 0.534. The summed E-state index contributed by atoms with van der Waals surface area (Å²) in [5.41, 5.74) is 7.21. The number of rotatable bonds is 6. The quantitative estimate of drug-likeness (QED) is 0.693. The summed E-state index contributed by atoms with van der Waals surface area (Å²) in [6, 6.07) is 0.157. The topological polar surface area (TPSA) is 102 Å². The minimum Gasteiger partial charge on any atom is -0.394 e. The Morgan fingerprint density at radius 2 is 2.06 bits per heavy atom. The number of anilines is 2. The third kappa shape index (κ3) is 3.36. The molecule has 0 fully saturated rings. The van der Waals surface area contributed by atoms with Crippen LogP contribution in [0.3, 0.4) is 0 Å². The molecule has 0 bridgehead atoms. The summed E-state index contributed by atoms with van der Waals surface area (Å²) in [6.45, 7) is 6.08. The Balaban J connectivity index is 2.79. The molecule has 1 aromatic heterocycles. The number of nitrogens with one attached hydrogen (secondary N) is 2. The summed E-state index contributed by atoms with van der Waals surface area (Å²) in [5.74, 6) is 0.666. The summed E-state index contributed by atoms with van der Waals surface area (Å²) in [5, 5.41) is 7.34. The van der Waals surface area contributed by atoms with Gasteiger partial charge < -0.3 is 11.1 Å². The molecule has 1 rings (SSSR count). The zero-order valence-corrected chi connectivity index (χ0v) is 12.0. The molecule has 8 heteroatoms. The van der Waals surface area contributed by atoms with Crippen LogP contribution < -0.4 is 15.8 Å². The van der Waals surface area contributed by atoms with Gasteiger partial charge in [0.1, 0.15) is 5.82 Å². The second kappa shape index (κ2) is 5.57. The number of hydrogen-bond acceptors (Lipinski definition) is 5. The van der Waals surface area contributed by atoms with E-state index in [1.54, 1.807) is 4.68 Å². The van der Waals surface area contributed by atoms with Gasteiger partial charge in [-0.15, -0.1) is 0 Å². The van der Waals surface area contributed by atoms with Crippen LogP contribution in [0.2, 0.25) is 0 Å². The smallest absolute Gasteiger partial charge is 0.213 e. The average Bonchev–Trinajstić information content (AvgIpc) is 2.57. The van der Waals surface area contributed by atoms with Crippen molar-refractivity contribution in [1.82, 2.24) is 14.5 Å². The zero-order valence-electron chi connectivity index (χ0n) is 11.2. The first-order valence-corrected chi connectivity index (χ1v) is 7.43. The Bertz CT molecular complexity index is 507. The fourth-order valence-corrected chi connectivity index (χ4v) is 2.09. The van der Waals surface area contributed by atoms with Crippen molar-refractivity contribution in [2.45, 2.75) is 26.8 Å². The molecule has 0 aliphatic heterocycles. The van der Waals surface area contributed by atoms with E-state index in [0.29, 0.717) is 11.5 Å². The van der Waals surface area contributed by atoms with Crippen LogP contribution in [0.5, 0.6) is 0 Å². The number of aryl methyl sites for hydroxylation is 1. The van der Waals surface area contributed by atoms with Crippen LogP contribution in [0.15, 0.2) is 0 Å². The first kappa shape index (κ1) is 14.8. The number of hydrogen-bond donors (Lipinski definition) is 3. The van der Waals surface area contributed by atoms with Crippen molar-refractivity contribution < 1.29 is 8.42 Å². The highest BCUT2D eigenvalue weighted by atomic mass is 32.2. The molecule has 1 aromatic rings. The number of aromatic nitrogens is 2. The van der Waals surface area contributed by atoms with Crippen LogP contribution in [0.25, 0.3) is 0 Å². The van der Waals surface area contributed by atoms with Crippen molar-refractivity contribution >= 4 is 21.5 Å². The predicted molar refractivity (Wildman–Crippen MR) is 73.1 cm³/mol. The van der Waals surface area contributed by atoms with Crippen molar-refractivity contribution in [3.63, 3.8) is 0 Å². The molecule has 0 saturated carbocycles. The number of nitrogen functional groups attached to an aromatic ring is 1. The van der Waals surface area contributed by atoms with Crippen LogP contribution in [0, 0.1) is 6.92 Å². The largest absolute Gasteiger partial charge is 0.394 e. The van der Waals surface area contributed by atoms with Gasteiger partial charge in [0.2, 0.25) is 10.0 Å². The Labute approximate surface area is 108 Å². The molecule has 0 aliphatic carbocycles. The van der Waals surface area contributed by atoms with Crippen molar-refractivity contribution in [1.29, 1.82) is 0 Å².